The number of Topliss-reactive ketones (excluding diaryl/α,β-unsaturated/α-hetero) is 1. The van der Waals surface area contributed by atoms with Crippen molar-refractivity contribution < 1.29 is 4.79 Å². The lowest BCUT2D eigenvalue weighted by atomic mass is 9.57. The highest BCUT2D eigenvalue weighted by Crippen LogP contribution is 2.49. The van der Waals surface area contributed by atoms with Crippen molar-refractivity contribution in [2.24, 2.45) is 11.8 Å². The zero-order valence-electron chi connectivity index (χ0n) is 10.3. The smallest absolute Gasteiger partial charge is 0.144 e. The van der Waals surface area contributed by atoms with E-state index in [2.05, 4.69) is 24.3 Å². The van der Waals surface area contributed by atoms with Crippen LogP contribution in [-0.2, 0) is 4.79 Å². The van der Waals surface area contributed by atoms with Gasteiger partial charge in [0.1, 0.15) is 5.78 Å². The van der Waals surface area contributed by atoms with Gasteiger partial charge in [0.25, 0.3) is 0 Å². The van der Waals surface area contributed by atoms with Crippen molar-refractivity contribution in [2.45, 2.75) is 44.4 Å². The fraction of sp³-hybridized carbons (Fsp3) is 0.562. The summed E-state index contributed by atoms with van der Waals surface area (Å²) in [6, 6.07) is 10.4. The third kappa shape index (κ3) is 1.92. The number of hydrogen-bond acceptors (Lipinski definition) is 1. The van der Waals surface area contributed by atoms with Crippen LogP contribution in [0.1, 0.15) is 50.0 Å². The van der Waals surface area contributed by atoms with Crippen molar-refractivity contribution in [1.29, 1.82) is 0 Å². The first-order valence-corrected chi connectivity index (χ1v) is 6.96. The SMILES string of the molecule is O=C1[C@H](c2ccccc2)[C@H]2CCCCCC[C@@H]12. The molecule has 1 aromatic rings. The molecule has 0 aromatic heterocycles. The molecular formula is C16H20O. The van der Waals surface area contributed by atoms with E-state index in [-0.39, 0.29) is 5.92 Å². The van der Waals surface area contributed by atoms with Crippen LogP contribution in [0.2, 0.25) is 0 Å². The Morgan fingerprint density at radius 1 is 0.882 bits per heavy atom. The first-order valence-electron chi connectivity index (χ1n) is 6.96. The Kier molecular flexibility index (Phi) is 3.00. The largest absolute Gasteiger partial charge is 0.299 e. The van der Waals surface area contributed by atoms with Crippen molar-refractivity contribution in [3.63, 3.8) is 0 Å². The zero-order valence-corrected chi connectivity index (χ0v) is 10.3. The maximum atomic E-state index is 12.3. The van der Waals surface area contributed by atoms with Crippen molar-refractivity contribution in [3.8, 4) is 0 Å². The quantitative estimate of drug-likeness (QED) is 0.711. The molecule has 0 unspecified atom stereocenters. The number of carbonyl (C=O) groups is 1. The molecule has 1 nitrogen and oxygen atoms in total. The average Bonchev–Trinajstić information content (AvgIpc) is 2.34. The van der Waals surface area contributed by atoms with Crippen LogP contribution in [0.3, 0.4) is 0 Å². The standard InChI is InChI=1S/C16H20O/c17-16-14-11-7-2-1-6-10-13(14)15(16)12-8-4-3-5-9-12/h3-5,8-9,13-15H,1-2,6-7,10-11H2/t13-,14+,15+/m0/s1. The van der Waals surface area contributed by atoms with Gasteiger partial charge < -0.3 is 0 Å². The summed E-state index contributed by atoms with van der Waals surface area (Å²) >= 11 is 0. The second-order valence-electron chi connectivity index (χ2n) is 5.55. The third-order valence-electron chi connectivity index (χ3n) is 4.58. The van der Waals surface area contributed by atoms with Gasteiger partial charge in [-0.2, -0.15) is 0 Å². The summed E-state index contributed by atoms with van der Waals surface area (Å²) in [6.07, 6.45) is 7.67. The van der Waals surface area contributed by atoms with Gasteiger partial charge in [0.05, 0.1) is 0 Å². The molecule has 1 heteroatoms. The van der Waals surface area contributed by atoms with Gasteiger partial charge in [-0.1, -0.05) is 56.0 Å². The molecule has 0 spiro atoms. The highest BCUT2D eigenvalue weighted by atomic mass is 16.1. The summed E-state index contributed by atoms with van der Waals surface area (Å²) < 4.78 is 0. The molecule has 0 bridgehead atoms. The Bertz CT molecular complexity index is 395. The van der Waals surface area contributed by atoms with Gasteiger partial charge in [0.15, 0.2) is 0 Å². The molecule has 2 saturated carbocycles. The van der Waals surface area contributed by atoms with Crippen LogP contribution in [-0.4, -0.2) is 5.78 Å². The van der Waals surface area contributed by atoms with Crippen LogP contribution in [0, 0.1) is 11.8 Å². The minimum absolute atomic E-state index is 0.222. The monoisotopic (exact) mass is 228 g/mol. The predicted octanol–water partition coefficient (Wildman–Crippen LogP) is 3.94. The Morgan fingerprint density at radius 2 is 1.59 bits per heavy atom. The van der Waals surface area contributed by atoms with E-state index in [1.807, 2.05) is 6.07 Å². The van der Waals surface area contributed by atoms with Crippen LogP contribution in [0.4, 0.5) is 0 Å². The third-order valence-corrected chi connectivity index (χ3v) is 4.58. The number of hydrogen-bond donors (Lipinski definition) is 0. The maximum Gasteiger partial charge on any atom is 0.144 e. The topological polar surface area (TPSA) is 17.1 Å². The maximum absolute atomic E-state index is 12.3. The average molecular weight is 228 g/mol. The molecule has 0 radical (unpaired) electrons. The normalized spacial score (nSPS) is 33.2. The minimum Gasteiger partial charge on any atom is -0.299 e. The van der Waals surface area contributed by atoms with E-state index in [0.717, 1.165) is 6.42 Å². The van der Waals surface area contributed by atoms with Gasteiger partial charge in [-0.25, -0.2) is 0 Å². The van der Waals surface area contributed by atoms with E-state index >= 15 is 0 Å². The first-order chi connectivity index (χ1) is 8.38. The lowest BCUT2D eigenvalue weighted by Gasteiger charge is -2.44. The highest BCUT2D eigenvalue weighted by Gasteiger charge is 2.49. The lowest BCUT2D eigenvalue weighted by Crippen LogP contribution is -2.46. The van der Waals surface area contributed by atoms with E-state index in [1.54, 1.807) is 0 Å². The molecule has 2 aliphatic carbocycles. The van der Waals surface area contributed by atoms with Crippen LogP contribution in [0.5, 0.6) is 0 Å². The fourth-order valence-electron chi connectivity index (χ4n) is 3.66. The molecular weight excluding hydrogens is 208 g/mol. The van der Waals surface area contributed by atoms with Crippen molar-refractivity contribution in [2.75, 3.05) is 0 Å². The van der Waals surface area contributed by atoms with Crippen LogP contribution in [0.25, 0.3) is 0 Å². The molecule has 17 heavy (non-hydrogen) atoms. The molecule has 0 N–H and O–H groups in total. The number of rotatable bonds is 1. The van der Waals surface area contributed by atoms with Gasteiger partial charge >= 0.3 is 0 Å². The molecule has 0 aliphatic heterocycles. The summed E-state index contributed by atoms with van der Waals surface area (Å²) in [5.74, 6) is 1.77. The van der Waals surface area contributed by atoms with Gasteiger partial charge in [-0.15, -0.1) is 0 Å². The molecule has 2 aliphatic rings. The van der Waals surface area contributed by atoms with Crippen molar-refractivity contribution in [3.05, 3.63) is 35.9 Å². The molecule has 90 valence electrons. The summed E-state index contributed by atoms with van der Waals surface area (Å²) in [5, 5.41) is 0. The van der Waals surface area contributed by atoms with E-state index in [4.69, 9.17) is 0 Å². The Labute approximate surface area is 103 Å². The molecule has 0 amide bonds. The lowest BCUT2D eigenvalue weighted by molar-refractivity contribution is -0.138. The zero-order chi connectivity index (χ0) is 11.7. The van der Waals surface area contributed by atoms with E-state index < -0.39 is 0 Å². The molecule has 3 rings (SSSR count). The molecule has 2 fully saturated rings. The predicted molar refractivity (Wildman–Crippen MR) is 68.9 cm³/mol. The number of fused-ring (bicyclic) bond motifs is 1. The van der Waals surface area contributed by atoms with Crippen LogP contribution in [0.15, 0.2) is 30.3 Å². The van der Waals surface area contributed by atoms with E-state index in [0.29, 0.717) is 17.6 Å². The summed E-state index contributed by atoms with van der Waals surface area (Å²) in [6.45, 7) is 0. The van der Waals surface area contributed by atoms with Crippen LogP contribution < -0.4 is 0 Å². The summed E-state index contributed by atoms with van der Waals surface area (Å²) in [4.78, 5) is 12.3. The Hall–Kier alpha value is -1.11. The van der Waals surface area contributed by atoms with Crippen molar-refractivity contribution in [1.82, 2.24) is 0 Å². The summed E-state index contributed by atoms with van der Waals surface area (Å²) in [7, 11) is 0. The highest BCUT2D eigenvalue weighted by molar-refractivity contribution is 5.94. The number of benzene rings is 1. The van der Waals surface area contributed by atoms with Gasteiger partial charge in [0.2, 0.25) is 0 Å². The second-order valence-corrected chi connectivity index (χ2v) is 5.55. The van der Waals surface area contributed by atoms with Crippen LogP contribution >= 0.6 is 0 Å². The fourth-order valence-corrected chi connectivity index (χ4v) is 3.66. The van der Waals surface area contributed by atoms with E-state index in [1.165, 1.54) is 37.7 Å². The van der Waals surface area contributed by atoms with Gasteiger partial charge in [-0.3, -0.25) is 4.79 Å². The molecule has 1 aromatic carbocycles. The Balaban J connectivity index is 1.80. The molecule has 3 atom stereocenters. The Morgan fingerprint density at radius 3 is 2.35 bits per heavy atom. The molecule has 0 heterocycles. The van der Waals surface area contributed by atoms with E-state index in [9.17, 15) is 4.79 Å². The number of carbonyl (C=O) groups excluding carboxylic acids is 1. The second kappa shape index (κ2) is 4.64. The molecule has 0 saturated heterocycles. The minimum atomic E-state index is 0.222. The summed E-state index contributed by atoms with van der Waals surface area (Å²) in [5.41, 5.74) is 1.25. The first kappa shape index (κ1) is 11.0. The number of ketones is 1. The van der Waals surface area contributed by atoms with Gasteiger partial charge in [-0.05, 0) is 24.3 Å². The van der Waals surface area contributed by atoms with Crippen molar-refractivity contribution >= 4 is 5.78 Å². The van der Waals surface area contributed by atoms with Gasteiger partial charge in [0, 0.05) is 11.8 Å².